The van der Waals surface area contributed by atoms with Gasteiger partial charge in [0.15, 0.2) is 0 Å². The van der Waals surface area contributed by atoms with Crippen LogP contribution >= 0.6 is 0 Å². The number of amides is 2. The van der Waals surface area contributed by atoms with Crippen molar-refractivity contribution >= 4 is 6.03 Å². The molecule has 0 aromatic heterocycles. The third-order valence-corrected chi connectivity index (χ3v) is 5.00. The van der Waals surface area contributed by atoms with Crippen LogP contribution in [0.15, 0.2) is 0 Å². The predicted molar refractivity (Wildman–Crippen MR) is 84.3 cm³/mol. The van der Waals surface area contributed by atoms with E-state index in [4.69, 9.17) is 0 Å². The lowest BCUT2D eigenvalue weighted by Gasteiger charge is -2.26. The van der Waals surface area contributed by atoms with Crippen molar-refractivity contribution in [3.05, 3.63) is 0 Å². The number of aliphatic hydroxyl groups is 1. The largest absolute Gasteiger partial charge is 0.393 e. The molecule has 0 saturated heterocycles. The van der Waals surface area contributed by atoms with E-state index in [0.29, 0.717) is 25.0 Å². The molecule has 3 N–H and O–H groups in total. The first-order chi connectivity index (χ1) is 10.1. The Morgan fingerprint density at radius 1 is 1.14 bits per heavy atom. The Bertz CT molecular complexity index is 319. The van der Waals surface area contributed by atoms with E-state index in [9.17, 15) is 9.90 Å². The third kappa shape index (κ3) is 5.83. The number of likely N-dealkylation sites (N-methyl/N-ethyl adjacent to an activating group) is 1. The number of urea groups is 1. The zero-order valence-electron chi connectivity index (χ0n) is 13.3. The van der Waals surface area contributed by atoms with Crippen LogP contribution in [0.2, 0.25) is 0 Å². The first-order valence-electron chi connectivity index (χ1n) is 8.55. The van der Waals surface area contributed by atoms with Crippen molar-refractivity contribution < 1.29 is 9.90 Å². The highest BCUT2D eigenvalue weighted by Gasteiger charge is 2.21. The van der Waals surface area contributed by atoms with Crippen LogP contribution in [0.3, 0.4) is 0 Å². The molecule has 2 unspecified atom stereocenters. The molecular weight excluding hydrogens is 266 g/mol. The van der Waals surface area contributed by atoms with E-state index >= 15 is 0 Å². The van der Waals surface area contributed by atoms with Crippen molar-refractivity contribution in [2.75, 3.05) is 26.7 Å². The zero-order chi connectivity index (χ0) is 15.1. The second-order valence-corrected chi connectivity index (χ2v) is 6.74. The first-order valence-corrected chi connectivity index (χ1v) is 8.55. The van der Waals surface area contributed by atoms with Crippen molar-refractivity contribution in [3.8, 4) is 0 Å². The summed E-state index contributed by atoms with van der Waals surface area (Å²) < 4.78 is 0. The standard InChI is InChI=1S/C16H31N3O2/c1-19(14-6-2-3-7-14)10-9-17-16(21)18-12-13-5-4-8-15(20)11-13/h13-15,20H,2-12H2,1H3,(H2,17,18,21). The highest BCUT2D eigenvalue weighted by atomic mass is 16.3. The Morgan fingerprint density at radius 2 is 1.90 bits per heavy atom. The molecule has 0 radical (unpaired) electrons. The molecule has 2 saturated carbocycles. The Morgan fingerprint density at radius 3 is 2.62 bits per heavy atom. The summed E-state index contributed by atoms with van der Waals surface area (Å²) >= 11 is 0. The number of nitrogens with zero attached hydrogens (tertiary/aromatic N) is 1. The molecule has 122 valence electrons. The van der Waals surface area contributed by atoms with Crippen LogP contribution < -0.4 is 10.6 Å². The van der Waals surface area contributed by atoms with Crippen LogP contribution in [-0.2, 0) is 0 Å². The number of carbonyl (C=O) groups is 1. The van der Waals surface area contributed by atoms with Gasteiger partial charge in [-0.1, -0.05) is 19.3 Å². The van der Waals surface area contributed by atoms with Gasteiger partial charge in [-0.15, -0.1) is 0 Å². The summed E-state index contributed by atoms with van der Waals surface area (Å²) in [7, 11) is 2.15. The first kappa shape index (κ1) is 16.6. The maximum atomic E-state index is 11.8. The van der Waals surface area contributed by atoms with E-state index < -0.39 is 0 Å². The average Bonchev–Trinajstić information content (AvgIpc) is 2.99. The summed E-state index contributed by atoms with van der Waals surface area (Å²) in [5, 5.41) is 15.5. The number of aliphatic hydroxyl groups excluding tert-OH is 1. The van der Waals surface area contributed by atoms with Gasteiger partial charge in [-0.3, -0.25) is 0 Å². The number of nitrogens with one attached hydrogen (secondary N) is 2. The maximum absolute atomic E-state index is 11.8. The second-order valence-electron chi connectivity index (χ2n) is 6.74. The van der Waals surface area contributed by atoms with Crippen molar-refractivity contribution in [2.24, 2.45) is 5.92 Å². The third-order valence-electron chi connectivity index (χ3n) is 5.00. The van der Waals surface area contributed by atoms with Crippen LogP contribution in [0, 0.1) is 5.92 Å². The maximum Gasteiger partial charge on any atom is 0.314 e. The van der Waals surface area contributed by atoms with E-state index in [-0.39, 0.29) is 12.1 Å². The van der Waals surface area contributed by atoms with Gasteiger partial charge in [0, 0.05) is 25.7 Å². The topological polar surface area (TPSA) is 64.6 Å². The van der Waals surface area contributed by atoms with Gasteiger partial charge >= 0.3 is 6.03 Å². The summed E-state index contributed by atoms with van der Waals surface area (Å²) in [6.07, 6.45) is 9.03. The molecular formula is C16H31N3O2. The zero-order valence-corrected chi connectivity index (χ0v) is 13.3. The normalized spacial score (nSPS) is 27.0. The van der Waals surface area contributed by atoms with Gasteiger partial charge in [-0.05, 0) is 45.1 Å². The molecule has 0 aromatic rings. The monoisotopic (exact) mass is 297 g/mol. The quantitative estimate of drug-likeness (QED) is 0.699. The van der Waals surface area contributed by atoms with Crippen molar-refractivity contribution in [3.63, 3.8) is 0 Å². The molecule has 2 aliphatic rings. The number of hydrogen-bond donors (Lipinski definition) is 3. The molecule has 0 bridgehead atoms. The highest BCUT2D eigenvalue weighted by molar-refractivity contribution is 5.73. The summed E-state index contributed by atoms with van der Waals surface area (Å²) in [6, 6.07) is 0.633. The van der Waals surface area contributed by atoms with Gasteiger partial charge in [0.05, 0.1) is 6.10 Å². The Labute approximate surface area is 128 Å². The van der Waals surface area contributed by atoms with Gasteiger partial charge < -0.3 is 20.6 Å². The fourth-order valence-corrected chi connectivity index (χ4v) is 3.62. The fraction of sp³-hybridized carbons (Fsp3) is 0.938. The lowest BCUT2D eigenvalue weighted by atomic mass is 9.87. The van der Waals surface area contributed by atoms with Gasteiger partial charge in [-0.25, -0.2) is 4.79 Å². The Kier molecular flexibility index (Phi) is 6.77. The minimum absolute atomic E-state index is 0.0742. The molecule has 2 fully saturated rings. The summed E-state index contributed by atoms with van der Waals surface area (Å²) in [5.74, 6) is 0.431. The highest BCUT2D eigenvalue weighted by Crippen LogP contribution is 2.23. The number of rotatable bonds is 6. The van der Waals surface area contributed by atoms with E-state index in [1.54, 1.807) is 0 Å². The van der Waals surface area contributed by atoms with Gasteiger partial charge in [0.2, 0.25) is 0 Å². The SMILES string of the molecule is CN(CCNC(=O)NCC1CCCC(O)C1)C1CCCC1. The predicted octanol–water partition coefficient (Wildman–Crippen LogP) is 1.71. The fourth-order valence-electron chi connectivity index (χ4n) is 3.62. The van der Waals surface area contributed by atoms with Crippen LogP contribution in [0.25, 0.3) is 0 Å². The summed E-state index contributed by atoms with van der Waals surface area (Å²) in [6.45, 7) is 2.30. The molecule has 0 heterocycles. The van der Waals surface area contributed by atoms with Gasteiger partial charge in [0.25, 0.3) is 0 Å². The van der Waals surface area contributed by atoms with Crippen LogP contribution in [0.4, 0.5) is 4.79 Å². The number of carbonyl (C=O) groups excluding carboxylic acids is 1. The second kappa shape index (κ2) is 8.59. The minimum Gasteiger partial charge on any atom is -0.393 e. The van der Waals surface area contributed by atoms with E-state index in [2.05, 4.69) is 22.6 Å². The van der Waals surface area contributed by atoms with Gasteiger partial charge in [0.1, 0.15) is 0 Å². The van der Waals surface area contributed by atoms with Crippen LogP contribution in [-0.4, -0.2) is 54.9 Å². The van der Waals surface area contributed by atoms with Crippen molar-refractivity contribution in [2.45, 2.75) is 63.5 Å². The van der Waals surface area contributed by atoms with Crippen LogP contribution in [0.1, 0.15) is 51.4 Å². The molecule has 0 aliphatic heterocycles. The lowest BCUT2D eigenvalue weighted by molar-refractivity contribution is 0.101. The van der Waals surface area contributed by atoms with E-state index in [0.717, 1.165) is 32.2 Å². The smallest absolute Gasteiger partial charge is 0.314 e. The van der Waals surface area contributed by atoms with Crippen molar-refractivity contribution in [1.29, 1.82) is 0 Å². The Balaban J connectivity index is 1.53. The average molecular weight is 297 g/mol. The van der Waals surface area contributed by atoms with Crippen molar-refractivity contribution in [1.82, 2.24) is 15.5 Å². The molecule has 2 aliphatic carbocycles. The molecule has 0 spiro atoms. The number of hydrogen-bond acceptors (Lipinski definition) is 3. The lowest BCUT2D eigenvalue weighted by Crippen LogP contribution is -2.43. The molecule has 2 amide bonds. The molecule has 5 nitrogen and oxygen atoms in total. The molecule has 5 heteroatoms. The van der Waals surface area contributed by atoms with Gasteiger partial charge in [-0.2, -0.15) is 0 Å². The van der Waals surface area contributed by atoms with Crippen LogP contribution in [0.5, 0.6) is 0 Å². The summed E-state index contributed by atoms with van der Waals surface area (Å²) in [5.41, 5.74) is 0. The Hall–Kier alpha value is -0.810. The summed E-state index contributed by atoms with van der Waals surface area (Å²) in [4.78, 5) is 14.1. The minimum atomic E-state index is -0.173. The molecule has 21 heavy (non-hydrogen) atoms. The molecule has 2 rings (SSSR count). The van der Waals surface area contributed by atoms with E-state index in [1.807, 2.05) is 0 Å². The molecule has 2 atom stereocenters. The molecule has 0 aromatic carbocycles. The van der Waals surface area contributed by atoms with E-state index in [1.165, 1.54) is 25.7 Å².